The lowest BCUT2D eigenvalue weighted by Gasteiger charge is -2.36. The monoisotopic (exact) mass is 355 g/mol. The number of rotatable bonds is 4. The van der Waals surface area contributed by atoms with E-state index in [9.17, 15) is 0 Å². The van der Waals surface area contributed by atoms with Crippen molar-refractivity contribution in [1.82, 2.24) is 14.9 Å². The quantitative estimate of drug-likeness (QED) is 0.847. The molecule has 2 aromatic rings. The van der Waals surface area contributed by atoms with Crippen molar-refractivity contribution in [3.63, 3.8) is 0 Å². The average molecular weight is 356 g/mol. The highest BCUT2D eigenvalue weighted by Crippen LogP contribution is 2.21. The summed E-state index contributed by atoms with van der Waals surface area (Å²) in [5.74, 6) is 1.39. The molecule has 1 aliphatic heterocycles. The third-order valence-electron chi connectivity index (χ3n) is 4.75. The molecule has 0 bridgehead atoms. The van der Waals surface area contributed by atoms with Gasteiger partial charge in [0.15, 0.2) is 5.11 Å². The van der Waals surface area contributed by atoms with Crippen molar-refractivity contribution < 1.29 is 0 Å². The van der Waals surface area contributed by atoms with E-state index < -0.39 is 0 Å². The van der Waals surface area contributed by atoms with Crippen molar-refractivity contribution in [2.24, 2.45) is 0 Å². The predicted octanol–water partition coefficient (Wildman–Crippen LogP) is 3.51. The van der Waals surface area contributed by atoms with Crippen molar-refractivity contribution in [2.75, 3.05) is 36.4 Å². The number of aromatic nitrogens is 2. The summed E-state index contributed by atoms with van der Waals surface area (Å²) in [5.41, 5.74) is 2.42. The van der Waals surface area contributed by atoms with E-state index in [1.165, 1.54) is 5.56 Å². The molecule has 6 heteroatoms. The van der Waals surface area contributed by atoms with Crippen LogP contribution in [-0.4, -0.2) is 46.2 Å². The van der Waals surface area contributed by atoms with Crippen molar-refractivity contribution in [3.05, 3.63) is 48.3 Å². The molecule has 3 rings (SSSR count). The Morgan fingerprint density at radius 3 is 2.36 bits per heavy atom. The van der Waals surface area contributed by atoms with Crippen LogP contribution in [0.15, 0.2) is 42.7 Å². The number of nitrogens with zero attached hydrogens (tertiary/aromatic N) is 4. The van der Waals surface area contributed by atoms with Crippen molar-refractivity contribution in [1.29, 1.82) is 0 Å². The molecule has 25 heavy (non-hydrogen) atoms. The van der Waals surface area contributed by atoms with Gasteiger partial charge in [-0.3, -0.25) is 0 Å². The van der Waals surface area contributed by atoms with Crippen molar-refractivity contribution in [3.8, 4) is 0 Å². The van der Waals surface area contributed by atoms with Gasteiger partial charge in [0.2, 0.25) is 5.95 Å². The third-order valence-corrected chi connectivity index (χ3v) is 5.11. The van der Waals surface area contributed by atoms with Crippen LogP contribution < -0.4 is 10.2 Å². The Bertz CT molecular complexity index is 681. The number of nitrogens with one attached hydrogen (secondary N) is 1. The molecule has 1 fully saturated rings. The summed E-state index contributed by atoms with van der Waals surface area (Å²) in [5, 5.41) is 4.14. The second-order valence-electron chi connectivity index (χ2n) is 6.38. The lowest BCUT2D eigenvalue weighted by Crippen LogP contribution is -2.50. The second-order valence-corrected chi connectivity index (χ2v) is 6.77. The number of hydrogen-bond donors (Lipinski definition) is 1. The molecular formula is C19H25N5S. The summed E-state index contributed by atoms with van der Waals surface area (Å²) in [6.07, 6.45) is 4.72. The molecule has 5 nitrogen and oxygen atoms in total. The average Bonchev–Trinajstić information content (AvgIpc) is 2.68. The van der Waals surface area contributed by atoms with E-state index in [0.717, 1.165) is 49.3 Å². The largest absolute Gasteiger partial charge is 0.345 e. The molecule has 132 valence electrons. The molecule has 1 aliphatic rings. The Morgan fingerprint density at radius 1 is 1.12 bits per heavy atom. The van der Waals surface area contributed by atoms with Gasteiger partial charge in [-0.15, -0.1) is 0 Å². The number of thiocarbonyl (C=S) groups is 1. The fourth-order valence-electron chi connectivity index (χ4n) is 2.90. The molecule has 1 aromatic carbocycles. The minimum Gasteiger partial charge on any atom is -0.345 e. The maximum atomic E-state index is 5.58. The highest BCUT2D eigenvalue weighted by Gasteiger charge is 2.20. The fraction of sp³-hybridized carbons (Fsp3) is 0.421. The number of anilines is 2. The molecule has 1 unspecified atom stereocenters. The Balaban J connectivity index is 1.53. The second kappa shape index (κ2) is 8.25. The van der Waals surface area contributed by atoms with Crippen LogP contribution in [0.4, 0.5) is 11.6 Å². The van der Waals surface area contributed by atoms with Gasteiger partial charge >= 0.3 is 0 Å². The third kappa shape index (κ3) is 4.45. The normalized spacial score (nSPS) is 15.8. The fourth-order valence-corrected chi connectivity index (χ4v) is 3.20. The van der Waals surface area contributed by atoms with Crippen molar-refractivity contribution >= 4 is 29.0 Å². The number of benzene rings is 1. The van der Waals surface area contributed by atoms with Crippen LogP contribution in [0.1, 0.15) is 31.7 Å². The van der Waals surface area contributed by atoms with Crippen LogP contribution >= 0.6 is 12.2 Å². The summed E-state index contributed by atoms with van der Waals surface area (Å²) < 4.78 is 0. The molecule has 1 atom stereocenters. The van der Waals surface area contributed by atoms with Crippen LogP contribution in [-0.2, 0) is 0 Å². The smallest absolute Gasteiger partial charge is 0.225 e. The number of hydrogen-bond acceptors (Lipinski definition) is 4. The summed E-state index contributed by atoms with van der Waals surface area (Å²) in [4.78, 5) is 13.0. The summed E-state index contributed by atoms with van der Waals surface area (Å²) in [7, 11) is 0. The first kappa shape index (κ1) is 17.6. The summed E-state index contributed by atoms with van der Waals surface area (Å²) in [6, 6.07) is 10.4. The van der Waals surface area contributed by atoms with Gasteiger partial charge in [-0.05, 0) is 48.3 Å². The van der Waals surface area contributed by atoms with E-state index in [2.05, 4.69) is 63.2 Å². The molecule has 0 radical (unpaired) electrons. The first-order valence-corrected chi connectivity index (χ1v) is 9.26. The lowest BCUT2D eigenvalue weighted by molar-refractivity contribution is 0.388. The van der Waals surface area contributed by atoms with Gasteiger partial charge in [-0.1, -0.05) is 26.0 Å². The van der Waals surface area contributed by atoms with E-state index in [0.29, 0.717) is 5.92 Å². The molecule has 0 spiro atoms. The van der Waals surface area contributed by atoms with Crippen molar-refractivity contribution in [2.45, 2.75) is 26.2 Å². The zero-order valence-corrected chi connectivity index (χ0v) is 15.7. The molecular weight excluding hydrogens is 330 g/mol. The van der Waals surface area contributed by atoms with E-state index in [-0.39, 0.29) is 0 Å². The molecule has 0 aliphatic carbocycles. The summed E-state index contributed by atoms with van der Waals surface area (Å²) in [6.45, 7) is 7.96. The van der Waals surface area contributed by atoms with Crippen LogP contribution in [0.2, 0.25) is 0 Å². The number of piperazine rings is 1. The van der Waals surface area contributed by atoms with Gasteiger partial charge in [-0.2, -0.15) is 0 Å². The van der Waals surface area contributed by atoms with Crippen LogP contribution in [0.3, 0.4) is 0 Å². The first-order valence-electron chi connectivity index (χ1n) is 8.85. The van der Waals surface area contributed by atoms with E-state index in [1.54, 1.807) is 12.4 Å². The SMILES string of the molecule is CCC(C)c1ccc(NC(=S)N2CCN(c3ncccn3)CC2)cc1. The Kier molecular flexibility index (Phi) is 5.81. The molecule has 2 heterocycles. The van der Waals surface area contributed by atoms with Gasteiger partial charge in [0.05, 0.1) is 0 Å². The maximum Gasteiger partial charge on any atom is 0.225 e. The van der Waals surface area contributed by atoms with Crippen LogP contribution in [0.5, 0.6) is 0 Å². The van der Waals surface area contributed by atoms with E-state index in [4.69, 9.17) is 12.2 Å². The Hall–Kier alpha value is -2.21. The van der Waals surface area contributed by atoms with Gasteiger partial charge in [-0.25, -0.2) is 9.97 Å². The topological polar surface area (TPSA) is 44.3 Å². The standard InChI is InChI=1S/C19H25N5S/c1-3-15(2)16-5-7-17(8-6-16)22-19(25)24-13-11-23(12-14-24)18-20-9-4-10-21-18/h4-10,15H,3,11-14H2,1-2H3,(H,22,25). The highest BCUT2D eigenvalue weighted by atomic mass is 32.1. The first-order chi connectivity index (χ1) is 12.2. The Morgan fingerprint density at radius 2 is 1.76 bits per heavy atom. The van der Waals surface area contributed by atoms with Crippen LogP contribution in [0, 0.1) is 0 Å². The van der Waals surface area contributed by atoms with Crippen LogP contribution in [0.25, 0.3) is 0 Å². The highest BCUT2D eigenvalue weighted by molar-refractivity contribution is 7.80. The van der Waals surface area contributed by atoms with Gasteiger partial charge in [0.1, 0.15) is 0 Å². The van der Waals surface area contributed by atoms with E-state index in [1.807, 2.05) is 6.07 Å². The van der Waals surface area contributed by atoms with Gasteiger partial charge < -0.3 is 15.1 Å². The van der Waals surface area contributed by atoms with Gasteiger partial charge in [0.25, 0.3) is 0 Å². The molecule has 0 saturated carbocycles. The zero-order valence-electron chi connectivity index (χ0n) is 14.9. The molecule has 0 amide bonds. The lowest BCUT2D eigenvalue weighted by atomic mass is 9.99. The zero-order chi connectivity index (χ0) is 17.6. The molecule has 1 aromatic heterocycles. The van der Waals surface area contributed by atoms with E-state index >= 15 is 0 Å². The van der Waals surface area contributed by atoms with Gasteiger partial charge in [0, 0.05) is 44.3 Å². The minimum absolute atomic E-state index is 0.592. The summed E-state index contributed by atoms with van der Waals surface area (Å²) >= 11 is 5.58. The molecule has 1 N–H and O–H groups in total. The molecule has 1 saturated heterocycles. The Labute approximate surface area is 155 Å². The maximum absolute atomic E-state index is 5.58. The minimum atomic E-state index is 0.592. The predicted molar refractivity (Wildman–Crippen MR) is 107 cm³/mol.